The Labute approximate surface area is 110 Å². The van der Waals surface area contributed by atoms with Gasteiger partial charge in [0.05, 0.1) is 11.7 Å². The van der Waals surface area contributed by atoms with Crippen molar-refractivity contribution in [2.45, 2.75) is 19.1 Å². The molecule has 0 spiro atoms. The standard InChI is InChI=1S/C13H15N3O3/c1-7-12(17)15-9-5-8(3-4-11(9)19-7)10-6-14-13(18)16(10)2/h3-5,7,10H,6H2,1-2H3,(H,14,18)(H,15,17). The van der Waals surface area contributed by atoms with Crippen LogP contribution >= 0.6 is 0 Å². The van der Waals surface area contributed by atoms with Crippen LogP contribution in [0.25, 0.3) is 0 Å². The lowest BCUT2D eigenvalue weighted by atomic mass is 10.0. The Morgan fingerprint density at radius 2 is 2.16 bits per heavy atom. The maximum atomic E-state index is 11.6. The summed E-state index contributed by atoms with van der Waals surface area (Å²) >= 11 is 0. The average molecular weight is 261 g/mol. The highest BCUT2D eigenvalue weighted by Gasteiger charge is 2.30. The summed E-state index contributed by atoms with van der Waals surface area (Å²) in [6.45, 7) is 2.28. The van der Waals surface area contributed by atoms with E-state index in [0.29, 0.717) is 18.0 Å². The van der Waals surface area contributed by atoms with Crippen LogP contribution in [0.3, 0.4) is 0 Å². The first-order chi connectivity index (χ1) is 9.06. The molecule has 2 unspecified atom stereocenters. The van der Waals surface area contributed by atoms with E-state index in [4.69, 9.17) is 4.74 Å². The van der Waals surface area contributed by atoms with Crippen LogP contribution in [0.1, 0.15) is 18.5 Å². The topological polar surface area (TPSA) is 70.7 Å². The second-order valence-electron chi connectivity index (χ2n) is 4.82. The fraction of sp³-hybridized carbons (Fsp3) is 0.385. The Balaban J connectivity index is 1.92. The van der Waals surface area contributed by atoms with E-state index >= 15 is 0 Å². The van der Waals surface area contributed by atoms with Crippen molar-refractivity contribution in [3.8, 4) is 5.75 Å². The minimum absolute atomic E-state index is 0.0194. The number of carbonyl (C=O) groups is 2. The Bertz CT molecular complexity index is 558. The van der Waals surface area contributed by atoms with Crippen molar-refractivity contribution >= 4 is 17.6 Å². The number of fused-ring (bicyclic) bond motifs is 1. The molecule has 1 saturated heterocycles. The molecule has 2 aliphatic heterocycles. The molecule has 0 aromatic heterocycles. The van der Waals surface area contributed by atoms with Gasteiger partial charge in [0.25, 0.3) is 5.91 Å². The summed E-state index contributed by atoms with van der Waals surface area (Å²) in [7, 11) is 1.75. The summed E-state index contributed by atoms with van der Waals surface area (Å²) in [6, 6.07) is 5.51. The van der Waals surface area contributed by atoms with Crippen LogP contribution in [0.2, 0.25) is 0 Å². The number of benzene rings is 1. The highest BCUT2D eigenvalue weighted by atomic mass is 16.5. The third kappa shape index (κ3) is 1.89. The van der Waals surface area contributed by atoms with Crippen molar-refractivity contribution in [1.29, 1.82) is 0 Å². The smallest absolute Gasteiger partial charge is 0.317 e. The second kappa shape index (κ2) is 4.15. The second-order valence-corrected chi connectivity index (χ2v) is 4.82. The number of hydrogen-bond acceptors (Lipinski definition) is 3. The number of nitrogens with one attached hydrogen (secondary N) is 2. The molecule has 0 bridgehead atoms. The van der Waals surface area contributed by atoms with Gasteiger partial charge in [0.1, 0.15) is 5.75 Å². The van der Waals surface area contributed by atoms with Crippen LogP contribution in [0.5, 0.6) is 5.75 Å². The summed E-state index contributed by atoms with van der Waals surface area (Å²) in [5.41, 5.74) is 1.63. The number of anilines is 1. The average Bonchev–Trinajstić information content (AvgIpc) is 2.71. The van der Waals surface area contributed by atoms with E-state index in [9.17, 15) is 9.59 Å². The zero-order valence-electron chi connectivity index (χ0n) is 10.8. The highest BCUT2D eigenvalue weighted by Crippen LogP contribution is 2.34. The lowest BCUT2D eigenvalue weighted by Crippen LogP contribution is -2.34. The van der Waals surface area contributed by atoms with Crippen LogP contribution in [0.4, 0.5) is 10.5 Å². The molecule has 6 nitrogen and oxygen atoms in total. The minimum Gasteiger partial charge on any atom is -0.479 e. The van der Waals surface area contributed by atoms with E-state index in [0.717, 1.165) is 5.56 Å². The lowest BCUT2D eigenvalue weighted by molar-refractivity contribution is -0.122. The first kappa shape index (κ1) is 11.8. The quantitative estimate of drug-likeness (QED) is 0.795. The normalized spacial score (nSPS) is 25.5. The summed E-state index contributed by atoms with van der Waals surface area (Å²) in [4.78, 5) is 24.7. The third-order valence-electron chi connectivity index (χ3n) is 3.55. The van der Waals surface area contributed by atoms with E-state index < -0.39 is 6.10 Å². The maximum absolute atomic E-state index is 11.6. The molecule has 19 heavy (non-hydrogen) atoms. The Kier molecular flexibility index (Phi) is 2.58. The van der Waals surface area contributed by atoms with Crippen LogP contribution in [-0.2, 0) is 4.79 Å². The monoisotopic (exact) mass is 261 g/mol. The first-order valence-corrected chi connectivity index (χ1v) is 6.18. The largest absolute Gasteiger partial charge is 0.479 e. The number of rotatable bonds is 1. The van der Waals surface area contributed by atoms with Gasteiger partial charge in [0.2, 0.25) is 0 Å². The fourth-order valence-electron chi connectivity index (χ4n) is 2.36. The van der Waals surface area contributed by atoms with Gasteiger partial charge in [-0.15, -0.1) is 0 Å². The highest BCUT2D eigenvalue weighted by molar-refractivity contribution is 5.97. The van der Waals surface area contributed by atoms with E-state index in [1.165, 1.54) is 0 Å². The molecular formula is C13H15N3O3. The molecule has 3 amide bonds. The molecule has 0 radical (unpaired) electrons. The van der Waals surface area contributed by atoms with Crippen molar-refractivity contribution in [3.05, 3.63) is 23.8 Å². The summed E-state index contributed by atoms with van der Waals surface area (Å²) in [5, 5.41) is 5.59. The van der Waals surface area contributed by atoms with Crippen molar-refractivity contribution < 1.29 is 14.3 Å². The van der Waals surface area contributed by atoms with Crippen molar-refractivity contribution in [2.24, 2.45) is 0 Å². The number of nitrogens with zero attached hydrogens (tertiary/aromatic N) is 1. The van der Waals surface area contributed by atoms with Gasteiger partial charge in [0, 0.05) is 13.6 Å². The number of ether oxygens (including phenoxy) is 1. The molecule has 2 heterocycles. The molecule has 1 aromatic rings. The fourth-order valence-corrected chi connectivity index (χ4v) is 2.36. The molecule has 3 rings (SSSR count). The van der Waals surface area contributed by atoms with Gasteiger partial charge in [0.15, 0.2) is 6.10 Å². The van der Waals surface area contributed by atoms with Crippen molar-refractivity contribution in [2.75, 3.05) is 18.9 Å². The number of hydrogen-bond donors (Lipinski definition) is 2. The van der Waals surface area contributed by atoms with Gasteiger partial charge in [-0.25, -0.2) is 4.79 Å². The SMILES string of the molecule is CC1Oc2ccc(C3CNC(=O)N3C)cc2NC1=O. The molecule has 1 fully saturated rings. The molecule has 2 atom stereocenters. The molecule has 0 aliphatic carbocycles. The van der Waals surface area contributed by atoms with Crippen LogP contribution in [0, 0.1) is 0 Å². The Morgan fingerprint density at radius 3 is 2.84 bits per heavy atom. The minimum atomic E-state index is -0.476. The van der Waals surface area contributed by atoms with Gasteiger partial charge < -0.3 is 20.3 Å². The molecule has 2 aliphatic rings. The number of amides is 3. The van der Waals surface area contributed by atoms with E-state index in [1.807, 2.05) is 18.2 Å². The third-order valence-corrected chi connectivity index (χ3v) is 3.55. The predicted octanol–water partition coefficient (Wildman–Crippen LogP) is 1.10. The number of carbonyl (C=O) groups excluding carboxylic acids is 2. The molecule has 6 heteroatoms. The van der Waals surface area contributed by atoms with E-state index in [-0.39, 0.29) is 18.0 Å². The van der Waals surface area contributed by atoms with Crippen LogP contribution < -0.4 is 15.4 Å². The van der Waals surface area contributed by atoms with Crippen molar-refractivity contribution in [1.82, 2.24) is 10.2 Å². The summed E-state index contributed by atoms with van der Waals surface area (Å²) in [6.07, 6.45) is -0.476. The first-order valence-electron chi connectivity index (χ1n) is 6.18. The summed E-state index contributed by atoms with van der Waals surface area (Å²) < 4.78 is 5.50. The molecular weight excluding hydrogens is 246 g/mol. The van der Waals surface area contributed by atoms with Gasteiger partial charge in [-0.1, -0.05) is 6.07 Å². The number of urea groups is 1. The maximum Gasteiger partial charge on any atom is 0.317 e. The zero-order chi connectivity index (χ0) is 13.6. The van der Waals surface area contributed by atoms with Crippen molar-refractivity contribution in [3.63, 3.8) is 0 Å². The van der Waals surface area contributed by atoms with Gasteiger partial charge in [-0.3, -0.25) is 4.79 Å². The Hall–Kier alpha value is -2.24. The van der Waals surface area contributed by atoms with Gasteiger partial charge in [-0.05, 0) is 24.6 Å². The van der Waals surface area contributed by atoms with Gasteiger partial charge >= 0.3 is 6.03 Å². The Morgan fingerprint density at radius 1 is 1.37 bits per heavy atom. The predicted molar refractivity (Wildman–Crippen MR) is 69.1 cm³/mol. The van der Waals surface area contributed by atoms with Gasteiger partial charge in [-0.2, -0.15) is 0 Å². The van der Waals surface area contributed by atoms with E-state index in [2.05, 4.69) is 10.6 Å². The van der Waals surface area contributed by atoms with Crippen LogP contribution in [0.15, 0.2) is 18.2 Å². The number of likely N-dealkylation sites (N-methyl/N-ethyl adjacent to an activating group) is 1. The molecule has 0 saturated carbocycles. The van der Waals surface area contributed by atoms with Crippen LogP contribution in [-0.4, -0.2) is 36.5 Å². The summed E-state index contributed by atoms with van der Waals surface area (Å²) in [5.74, 6) is 0.509. The molecule has 100 valence electrons. The molecule has 2 N–H and O–H groups in total. The molecule has 1 aromatic carbocycles. The lowest BCUT2D eigenvalue weighted by Gasteiger charge is -2.25. The van der Waals surface area contributed by atoms with E-state index in [1.54, 1.807) is 18.9 Å². The zero-order valence-corrected chi connectivity index (χ0v) is 10.8.